The maximum absolute atomic E-state index is 12.9. The molecule has 72 valence electrons. The molecule has 6 heteroatoms. The van der Waals surface area contributed by atoms with Crippen LogP contribution in [-0.4, -0.2) is 14.8 Å². The number of halogens is 1. The number of hydrogen-bond donors (Lipinski definition) is 2. The van der Waals surface area contributed by atoms with Gasteiger partial charge in [-0.25, -0.2) is 18.9 Å². The van der Waals surface area contributed by atoms with Crippen molar-refractivity contribution in [2.45, 2.75) is 0 Å². The molecule has 14 heavy (non-hydrogen) atoms. The highest BCUT2D eigenvalue weighted by molar-refractivity contribution is 5.57. The van der Waals surface area contributed by atoms with E-state index in [1.807, 2.05) is 0 Å². The molecule has 0 bridgehead atoms. The number of nitrogens with two attached hydrogens (primary N) is 1. The van der Waals surface area contributed by atoms with Gasteiger partial charge in [0.2, 0.25) is 0 Å². The normalized spacial score (nSPS) is 10.4. The van der Waals surface area contributed by atoms with Crippen LogP contribution in [0.4, 0.5) is 10.1 Å². The molecule has 3 N–H and O–H groups in total. The standard InChI is InChI=1S/C8H7FN4O/c9-5-1-2-6(10)7(3-5)13-4-11-12-8(13)14/h1-4H,10H2,(H,12,14). The lowest BCUT2D eigenvalue weighted by molar-refractivity contribution is 0.626. The third-order valence-corrected chi connectivity index (χ3v) is 1.80. The molecule has 1 aromatic heterocycles. The van der Waals surface area contributed by atoms with Gasteiger partial charge in [0.15, 0.2) is 0 Å². The summed E-state index contributed by atoms with van der Waals surface area (Å²) in [5.41, 5.74) is 5.72. The Balaban J connectivity index is 2.68. The van der Waals surface area contributed by atoms with Gasteiger partial charge < -0.3 is 5.73 Å². The van der Waals surface area contributed by atoms with Gasteiger partial charge in [0.05, 0.1) is 11.4 Å². The predicted molar refractivity (Wildman–Crippen MR) is 48.6 cm³/mol. The van der Waals surface area contributed by atoms with Crippen LogP contribution in [0.3, 0.4) is 0 Å². The van der Waals surface area contributed by atoms with E-state index in [9.17, 15) is 9.18 Å². The maximum Gasteiger partial charge on any atom is 0.347 e. The van der Waals surface area contributed by atoms with E-state index in [2.05, 4.69) is 10.2 Å². The van der Waals surface area contributed by atoms with E-state index < -0.39 is 11.5 Å². The average molecular weight is 194 g/mol. The second kappa shape index (κ2) is 2.99. The fourth-order valence-electron chi connectivity index (χ4n) is 1.15. The minimum absolute atomic E-state index is 0.281. The molecule has 5 nitrogen and oxygen atoms in total. The number of H-pyrrole nitrogens is 1. The Bertz CT molecular complexity index is 516. The number of benzene rings is 1. The van der Waals surface area contributed by atoms with Crippen molar-refractivity contribution in [1.29, 1.82) is 0 Å². The zero-order valence-corrected chi connectivity index (χ0v) is 7.07. The highest BCUT2D eigenvalue weighted by Crippen LogP contribution is 2.15. The van der Waals surface area contributed by atoms with Crippen LogP contribution < -0.4 is 11.4 Å². The third-order valence-electron chi connectivity index (χ3n) is 1.80. The minimum atomic E-state index is -0.456. The van der Waals surface area contributed by atoms with Crippen LogP contribution in [0.2, 0.25) is 0 Å². The first-order chi connectivity index (χ1) is 6.68. The number of aromatic nitrogens is 3. The maximum atomic E-state index is 12.9. The molecule has 0 saturated carbocycles. The fourth-order valence-corrected chi connectivity index (χ4v) is 1.15. The lowest BCUT2D eigenvalue weighted by Gasteiger charge is -2.03. The quantitative estimate of drug-likeness (QED) is 0.640. The Morgan fingerprint density at radius 1 is 1.50 bits per heavy atom. The van der Waals surface area contributed by atoms with Crippen molar-refractivity contribution >= 4 is 5.69 Å². The van der Waals surface area contributed by atoms with Gasteiger partial charge >= 0.3 is 5.69 Å². The molecular formula is C8H7FN4O. The van der Waals surface area contributed by atoms with Gasteiger partial charge in [0.25, 0.3) is 0 Å². The molecular weight excluding hydrogens is 187 g/mol. The zero-order chi connectivity index (χ0) is 10.1. The molecule has 0 spiro atoms. The topological polar surface area (TPSA) is 76.7 Å². The number of anilines is 1. The number of nitrogens with zero attached hydrogens (tertiary/aromatic N) is 2. The molecule has 1 aromatic carbocycles. The van der Waals surface area contributed by atoms with E-state index in [0.717, 1.165) is 4.57 Å². The van der Waals surface area contributed by atoms with Crippen LogP contribution >= 0.6 is 0 Å². The van der Waals surface area contributed by atoms with Crippen LogP contribution in [0.5, 0.6) is 0 Å². The van der Waals surface area contributed by atoms with E-state index in [4.69, 9.17) is 5.73 Å². The van der Waals surface area contributed by atoms with Crippen molar-refractivity contribution < 1.29 is 4.39 Å². The predicted octanol–water partition coefficient (Wildman–Crippen LogP) is 0.282. The monoisotopic (exact) mass is 194 g/mol. The summed E-state index contributed by atoms with van der Waals surface area (Å²) >= 11 is 0. The molecule has 0 unspecified atom stereocenters. The molecule has 2 rings (SSSR count). The van der Waals surface area contributed by atoms with Gasteiger partial charge in [-0.05, 0) is 12.1 Å². The van der Waals surface area contributed by atoms with Gasteiger partial charge in [-0.15, -0.1) is 0 Å². The molecule has 1 heterocycles. The largest absolute Gasteiger partial charge is 0.397 e. The number of hydrogen-bond acceptors (Lipinski definition) is 3. The number of rotatable bonds is 1. The molecule has 0 aliphatic rings. The zero-order valence-electron chi connectivity index (χ0n) is 7.07. The Hall–Kier alpha value is -2.11. The van der Waals surface area contributed by atoms with E-state index in [0.29, 0.717) is 5.69 Å². The van der Waals surface area contributed by atoms with E-state index in [1.54, 1.807) is 0 Å². The van der Waals surface area contributed by atoms with Crippen LogP contribution in [0.25, 0.3) is 5.69 Å². The van der Waals surface area contributed by atoms with Crippen molar-refractivity contribution in [1.82, 2.24) is 14.8 Å². The van der Waals surface area contributed by atoms with Gasteiger partial charge in [0.1, 0.15) is 12.1 Å². The lowest BCUT2D eigenvalue weighted by Crippen LogP contribution is -2.15. The molecule has 0 atom stereocenters. The summed E-state index contributed by atoms with van der Waals surface area (Å²) in [5.74, 6) is -0.456. The Morgan fingerprint density at radius 3 is 2.93 bits per heavy atom. The number of nitrogen functional groups attached to an aromatic ring is 1. The first-order valence-corrected chi connectivity index (χ1v) is 3.86. The molecule has 0 fully saturated rings. The van der Waals surface area contributed by atoms with Crippen molar-refractivity contribution in [3.63, 3.8) is 0 Å². The molecule has 0 amide bonds. The highest BCUT2D eigenvalue weighted by atomic mass is 19.1. The molecule has 0 aliphatic heterocycles. The summed E-state index contributed by atoms with van der Waals surface area (Å²) < 4.78 is 14.0. The van der Waals surface area contributed by atoms with Gasteiger partial charge in [-0.1, -0.05) is 0 Å². The Kier molecular flexibility index (Phi) is 1.81. The van der Waals surface area contributed by atoms with E-state index in [1.165, 1.54) is 24.5 Å². The van der Waals surface area contributed by atoms with E-state index in [-0.39, 0.29) is 5.69 Å². The molecule has 0 radical (unpaired) electrons. The Labute approximate surface area is 78.0 Å². The first-order valence-electron chi connectivity index (χ1n) is 3.86. The molecule has 2 aromatic rings. The third kappa shape index (κ3) is 1.26. The van der Waals surface area contributed by atoms with Crippen molar-refractivity contribution in [2.24, 2.45) is 0 Å². The van der Waals surface area contributed by atoms with Crippen molar-refractivity contribution in [2.75, 3.05) is 5.73 Å². The van der Waals surface area contributed by atoms with Crippen molar-refractivity contribution in [3.05, 3.63) is 40.8 Å². The second-order valence-corrected chi connectivity index (χ2v) is 2.73. The molecule has 0 saturated heterocycles. The highest BCUT2D eigenvalue weighted by Gasteiger charge is 2.05. The van der Waals surface area contributed by atoms with Gasteiger partial charge in [-0.3, -0.25) is 0 Å². The van der Waals surface area contributed by atoms with Crippen LogP contribution in [-0.2, 0) is 0 Å². The smallest absolute Gasteiger partial charge is 0.347 e. The minimum Gasteiger partial charge on any atom is -0.397 e. The first kappa shape index (κ1) is 8.49. The summed E-state index contributed by atoms with van der Waals surface area (Å²) in [4.78, 5) is 11.2. The van der Waals surface area contributed by atoms with Crippen LogP contribution in [0.15, 0.2) is 29.3 Å². The van der Waals surface area contributed by atoms with E-state index >= 15 is 0 Å². The lowest BCUT2D eigenvalue weighted by atomic mass is 10.2. The average Bonchev–Trinajstić information content (AvgIpc) is 2.56. The summed E-state index contributed by atoms with van der Waals surface area (Å²) in [7, 11) is 0. The van der Waals surface area contributed by atoms with Crippen LogP contribution in [0.1, 0.15) is 0 Å². The van der Waals surface area contributed by atoms with Gasteiger partial charge in [-0.2, -0.15) is 5.10 Å². The second-order valence-electron chi connectivity index (χ2n) is 2.73. The fraction of sp³-hybridized carbons (Fsp3) is 0. The van der Waals surface area contributed by atoms with Crippen LogP contribution in [0, 0.1) is 5.82 Å². The summed E-state index contributed by atoms with van der Waals surface area (Å²) in [6.07, 6.45) is 1.24. The SMILES string of the molecule is Nc1ccc(F)cc1-n1cn[nH]c1=O. The Morgan fingerprint density at radius 2 is 2.29 bits per heavy atom. The molecule has 0 aliphatic carbocycles. The number of aromatic amines is 1. The summed E-state index contributed by atoms with van der Waals surface area (Å²) in [5, 5.41) is 5.71. The number of nitrogens with one attached hydrogen (secondary N) is 1. The summed E-state index contributed by atoms with van der Waals surface area (Å²) in [6, 6.07) is 3.79. The van der Waals surface area contributed by atoms with Gasteiger partial charge in [0, 0.05) is 6.07 Å². The van der Waals surface area contributed by atoms with Crippen molar-refractivity contribution in [3.8, 4) is 5.69 Å². The summed E-state index contributed by atoms with van der Waals surface area (Å²) in [6.45, 7) is 0.